The van der Waals surface area contributed by atoms with Gasteiger partial charge in [0.25, 0.3) is 0 Å². The Morgan fingerprint density at radius 2 is 2.19 bits per heavy atom. The summed E-state index contributed by atoms with van der Waals surface area (Å²) in [7, 11) is 0. The van der Waals surface area contributed by atoms with Crippen LogP contribution in [0.15, 0.2) is 22.7 Å². The summed E-state index contributed by atoms with van der Waals surface area (Å²) in [5.41, 5.74) is 0.978. The van der Waals surface area contributed by atoms with Crippen molar-refractivity contribution in [3.05, 3.63) is 27.7 Å². The lowest BCUT2D eigenvalue weighted by Crippen LogP contribution is -2.03. The van der Waals surface area contributed by atoms with Gasteiger partial charge in [0.15, 0.2) is 0 Å². The van der Waals surface area contributed by atoms with E-state index in [-0.39, 0.29) is 6.42 Å². The van der Waals surface area contributed by atoms with E-state index in [1.165, 1.54) is 0 Å². The van der Waals surface area contributed by atoms with Gasteiger partial charge in [0.1, 0.15) is 0 Å². The molecular formula is C11H13BrClNO2. The predicted molar refractivity (Wildman–Crippen MR) is 69.1 cm³/mol. The predicted octanol–water partition coefficient (Wildman–Crippen LogP) is 3.77. The molecule has 0 aliphatic rings. The van der Waals surface area contributed by atoms with Crippen LogP contribution in [0.25, 0.3) is 0 Å². The third kappa shape index (κ3) is 4.86. The van der Waals surface area contributed by atoms with Crippen LogP contribution < -0.4 is 5.32 Å². The second-order valence-corrected chi connectivity index (χ2v) is 4.67. The van der Waals surface area contributed by atoms with Gasteiger partial charge in [0.05, 0.1) is 5.02 Å². The molecule has 0 saturated carbocycles. The Morgan fingerprint density at radius 1 is 1.44 bits per heavy atom. The highest BCUT2D eigenvalue weighted by atomic mass is 79.9. The van der Waals surface area contributed by atoms with Gasteiger partial charge in [-0.25, -0.2) is 0 Å². The van der Waals surface area contributed by atoms with Gasteiger partial charge < -0.3 is 10.4 Å². The largest absolute Gasteiger partial charge is 0.481 e. The van der Waals surface area contributed by atoms with Gasteiger partial charge in [-0.1, -0.05) is 11.6 Å². The molecule has 16 heavy (non-hydrogen) atoms. The number of benzene rings is 1. The van der Waals surface area contributed by atoms with Gasteiger partial charge in [-0.05, 0) is 47.0 Å². The summed E-state index contributed by atoms with van der Waals surface area (Å²) < 4.78 is 0.852. The SMILES string of the molecule is O=C(O)CCCCNc1ccc(Cl)c(Br)c1. The minimum Gasteiger partial charge on any atom is -0.481 e. The average molecular weight is 307 g/mol. The third-order valence-corrected chi connectivity index (χ3v) is 3.28. The van der Waals surface area contributed by atoms with E-state index in [9.17, 15) is 4.79 Å². The van der Waals surface area contributed by atoms with Gasteiger partial charge in [0, 0.05) is 23.1 Å². The van der Waals surface area contributed by atoms with Gasteiger partial charge in [-0.3, -0.25) is 4.79 Å². The minimum atomic E-state index is -0.741. The zero-order valence-electron chi connectivity index (χ0n) is 8.67. The van der Waals surface area contributed by atoms with E-state index in [2.05, 4.69) is 21.2 Å². The standard InChI is InChI=1S/C11H13BrClNO2/c12-9-7-8(4-5-10(9)13)14-6-2-1-3-11(15)16/h4-5,7,14H,1-3,6H2,(H,15,16). The molecule has 2 N–H and O–H groups in total. The Bertz CT molecular complexity index is 371. The van der Waals surface area contributed by atoms with Crippen LogP contribution >= 0.6 is 27.5 Å². The minimum absolute atomic E-state index is 0.228. The molecule has 0 radical (unpaired) electrons. The van der Waals surface area contributed by atoms with Crippen molar-refractivity contribution in [3.8, 4) is 0 Å². The number of anilines is 1. The van der Waals surface area contributed by atoms with Crippen LogP contribution in [-0.2, 0) is 4.79 Å². The lowest BCUT2D eigenvalue weighted by atomic mass is 10.2. The molecule has 0 spiro atoms. The fraction of sp³-hybridized carbons (Fsp3) is 0.364. The Kier molecular flexibility index (Phi) is 5.63. The van der Waals surface area contributed by atoms with Crippen molar-refractivity contribution in [3.63, 3.8) is 0 Å². The number of carbonyl (C=O) groups is 1. The summed E-state index contributed by atoms with van der Waals surface area (Å²) in [6.45, 7) is 0.765. The molecule has 0 saturated heterocycles. The van der Waals surface area contributed by atoms with E-state index in [4.69, 9.17) is 16.7 Å². The third-order valence-electron chi connectivity index (χ3n) is 2.07. The van der Waals surface area contributed by atoms with Crippen LogP contribution in [0.3, 0.4) is 0 Å². The molecule has 1 rings (SSSR count). The van der Waals surface area contributed by atoms with Crippen LogP contribution in [0.4, 0.5) is 5.69 Å². The Balaban J connectivity index is 2.27. The summed E-state index contributed by atoms with van der Waals surface area (Å²) in [5.74, 6) is -0.741. The number of nitrogens with one attached hydrogen (secondary N) is 1. The molecule has 0 heterocycles. The summed E-state index contributed by atoms with van der Waals surface area (Å²) in [4.78, 5) is 10.3. The average Bonchev–Trinajstić information content (AvgIpc) is 2.22. The van der Waals surface area contributed by atoms with Crippen LogP contribution in [0.5, 0.6) is 0 Å². The quantitative estimate of drug-likeness (QED) is 0.787. The Morgan fingerprint density at radius 3 is 2.81 bits per heavy atom. The van der Waals surface area contributed by atoms with Crippen molar-refractivity contribution in [1.82, 2.24) is 0 Å². The summed E-state index contributed by atoms with van der Waals surface area (Å²) in [6, 6.07) is 5.61. The van der Waals surface area contributed by atoms with Gasteiger partial charge in [-0.15, -0.1) is 0 Å². The molecule has 0 atom stereocenters. The van der Waals surface area contributed by atoms with E-state index in [1.807, 2.05) is 18.2 Å². The molecule has 88 valence electrons. The number of aliphatic carboxylic acids is 1. The van der Waals surface area contributed by atoms with Crippen molar-refractivity contribution >= 4 is 39.2 Å². The normalized spacial score (nSPS) is 10.1. The first-order valence-corrected chi connectivity index (χ1v) is 6.17. The number of rotatable bonds is 6. The van der Waals surface area contributed by atoms with Crippen molar-refractivity contribution in [2.75, 3.05) is 11.9 Å². The Labute approximate surface area is 108 Å². The van der Waals surface area contributed by atoms with Crippen LogP contribution in [0.2, 0.25) is 5.02 Å². The number of hydrogen-bond donors (Lipinski definition) is 2. The summed E-state index contributed by atoms with van der Waals surface area (Å²) in [6.07, 6.45) is 1.76. The molecule has 0 aliphatic heterocycles. The molecule has 0 unspecified atom stereocenters. The fourth-order valence-electron chi connectivity index (χ4n) is 1.24. The molecular weight excluding hydrogens is 293 g/mol. The van der Waals surface area contributed by atoms with E-state index in [1.54, 1.807) is 0 Å². The van der Waals surface area contributed by atoms with E-state index in [0.29, 0.717) is 11.4 Å². The molecule has 0 amide bonds. The molecule has 0 aromatic heterocycles. The van der Waals surface area contributed by atoms with Crippen molar-refractivity contribution in [2.24, 2.45) is 0 Å². The fourth-order valence-corrected chi connectivity index (χ4v) is 1.74. The van der Waals surface area contributed by atoms with E-state index < -0.39 is 5.97 Å². The van der Waals surface area contributed by atoms with Gasteiger partial charge >= 0.3 is 5.97 Å². The molecule has 0 aliphatic carbocycles. The molecule has 1 aromatic carbocycles. The molecule has 0 bridgehead atoms. The van der Waals surface area contributed by atoms with Crippen molar-refractivity contribution < 1.29 is 9.90 Å². The Hall–Kier alpha value is -0.740. The smallest absolute Gasteiger partial charge is 0.303 e. The second-order valence-electron chi connectivity index (χ2n) is 3.41. The number of halogens is 2. The molecule has 0 fully saturated rings. The zero-order valence-corrected chi connectivity index (χ0v) is 11.0. The number of hydrogen-bond acceptors (Lipinski definition) is 2. The van der Waals surface area contributed by atoms with Crippen LogP contribution in [0, 0.1) is 0 Å². The highest BCUT2D eigenvalue weighted by Crippen LogP contribution is 2.25. The molecule has 5 heteroatoms. The van der Waals surface area contributed by atoms with Crippen LogP contribution in [0.1, 0.15) is 19.3 Å². The topological polar surface area (TPSA) is 49.3 Å². The lowest BCUT2D eigenvalue weighted by Gasteiger charge is -2.06. The van der Waals surface area contributed by atoms with Gasteiger partial charge in [0.2, 0.25) is 0 Å². The van der Waals surface area contributed by atoms with Gasteiger partial charge in [-0.2, -0.15) is 0 Å². The second kappa shape index (κ2) is 6.76. The maximum absolute atomic E-state index is 10.3. The van der Waals surface area contributed by atoms with E-state index >= 15 is 0 Å². The zero-order chi connectivity index (χ0) is 12.0. The first kappa shape index (κ1) is 13.3. The highest BCUT2D eigenvalue weighted by molar-refractivity contribution is 9.10. The lowest BCUT2D eigenvalue weighted by molar-refractivity contribution is -0.137. The number of unbranched alkanes of at least 4 members (excludes halogenated alkanes) is 1. The van der Waals surface area contributed by atoms with Crippen molar-refractivity contribution in [2.45, 2.75) is 19.3 Å². The maximum atomic E-state index is 10.3. The maximum Gasteiger partial charge on any atom is 0.303 e. The van der Waals surface area contributed by atoms with Crippen LogP contribution in [-0.4, -0.2) is 17.6 Å². The monoisotopic (exact) mass is 305 g/mol. The number of carboxylic acid groups (broad SMARTS) is 1. The summed E-state index contributed by atoms with van der Waals surface area (Å²) >= 11 is 9.20. The van der Waals surface area contributed by atoms with E-state index in [0.717, 1.165) is 23.1 Å². The summed E-state index contributed by atoms with van der Waals surface area (Å²) in [5, 5.41) is 12.3. The molecule has 3 nitrogen and oxygen atoms in total. The number of carboxylic acids is 1. The highest BCUT2D eigenvalue weighted by Gasteiger charge is 1.99. The molecule has 1 aromatic rings. The van der Waals surface area contributed by atoms with Crippen molar-refractivity contribution in [1.29, 1.82) is 0 Å². The first-order valence-electron chi connectivity index (χ1n) is 5.00. The first-order chi connectivity index (χ1) is 7.59.